The molecule has 3 atom stereocenters. The Morgan fingerprint density at radius 2 is 2.37 bits per heavy atom. The summed E-state index contributed by atoms with van der Waals surface area (Å²) in [4.78, 5) is 13.7. The minimum absolute atomic E-state index is 0.0423. The van der Waals surface area contributed by atoms with Crippen molar-refractivity contribution in [3.63, 3.8) is 0 Å². The van der Waals surface area contributed by atoms with Crippen LogP contribution in [0.1, 0.15) is 0 Å². The number of hydrogen-bond acceptors (Lipinski definition) is 6. The molecule has 0 spiro atoms. The van der Waals surface area contributed by atoms with E-state index in [-0.39, 0.29) is 18.3 Å². The molecule has 0 unspecified atom stereocenters. The third kappa shape index (κ3) is 2.11. The molecule has 2 rings (SSSR count). The Labute approximate surface area is 118 Å². The van der Waals surface area contributed by atoms with E-state index >= 15 is 0 Å². The van der Waals surface area contributed by atoms with Crippen molar-refractivity contribution in [3.8, 4) is 0 Å². The van der Waals surface area contributed by atoms with Crippen LogP contribution in [-0.4, -0.2) is 50.6 Å². The van der Waals surface area contributed by atoms with Gasteiger partial charge in [0.1, 0.15) is 17.5 Å². The van der Waals surface area contributed by atoms with Gasteiger partial charge in [-0.3, -0.25) is 4.57 Å². The van der Waals surface area contributed by atoms with Crippen molar-refractivity contribution in [3.05, 3.63) is 22.7 Å². The Morgan fingerprint density at radius 1 is 1.68 bits per heavy atom. The van der Waals surface area contributed by atoms with E-state index in [1.54, 1.807) is 0 Å². The van der Waals surface area contributed by atoms with Gasteiger partial charge in [0.25, 0.3) is 0 Å². The summed E-state index contributed by atoms with van der Waals surface area (Å²) >= 11 is 12.0. The quantitative estimate of drug-likeness (QED) is 0.623. The van der Waals surface area contributed by atoms with Crippen molar-refractivity contribution >= 4 is 29.0 Å². The molecule has 1 saturated heterocycles. The van der Waals surface area contributed by atoms with Gasteiger partial charge in [0, 0.05) is 6.20 Å². The van der Waals surface area contributed by atoms with E-state index in [2.05, 4.69) is 4.98 Å². The SMILES string of the molecule is Nc1ccn([C@@]2(Cl)CO[C@@](CO)(CCl)[C@H]2O)c(=O)n1. The molecule has 0 aliphatic carbocycles. The van der Waals surface area contributed by atoms with Crippen molar-refractivity contribution in [2.45, 2.75) is 16.7 Å². The second-order valence-electron chi connectivity index (χ2n) is 4.37. The minimum Gasteiger partial charge on any atom is -0.393 e. The first-order valence-electron chi connectivity index (χ1n) is 5.43. The fourth-order valence-electron chi connectivity index (χ4n) is 1.99. The van der Waals surface area contributed by atoms with Gasteiger partial charge in [0.2, 0.25) is 0 Å². The molecule has 1 aliphatic rings. The van der Waals surface area contributed by atoms with Gasteiger partial charge in [0.15, 0.2) is 5.00 Å². The molecule has 2 heterocycles. The van der Waals surface area contributed by atoms with E-state index in [0.29, 0.717) is 0 Å². The van der Waals surface area contributed by atoms with E-state index in [1.807, 2.05) is 0 Å². The Kier molecular flexibility index (Phi) is 3.76. The number of nitrogen functional groups attached to an aromatic ring is 1. The van der Waals surface area contributed by atoms with Crippen molar-refractivity contribution in [1.82, 2.24) is 9.55 Å². The number of halogens is 2. The maximum atomic E-state index is 11.8. The number of aliphatic hydroxyl groups is 2. The predicted molar refractivity (Wildman–Crippen MR) is 69.2 cm³/mol. The summed E-state index contributed by atoms with van der Waals surface area (Å²) in [7, 11) is 0. The molecule has 0 amide bonds. The molecule has 1 aromatic rings. The van der Waals surface area contributed by atoms with Crippen LogP contribution in [0, 0.1) is 0 Å². The molecule has 0 saturated carbocycles. The van der Waals surface area contributed by atoms with Crippen LogP contribution in [0.25, 0.3) is 0 Å². The molecule has 1 fully saturated rings. The average Bonchev–Trinajstić information content (AvgIpc) is 2.64. The van der Waals surface area contributed by atoms with Gasteiger partial charge in [-0.2, -0.15) is 4.98 Å². The van der Waals surface area contributed by atoms with Crippen molar-refractivity contribution in [1.29, 1.82) is 0 Å². The Bertz CT molecular complexity index is 534. The van der Waals surface area contributed by atoms with E-state index in [0.717, 1.165) is 4.57 Å². The number of alkyl halides is 2. The number of nitrogens with two attached hydrogens (primary N) is 1. The smallest absolute Gasteiger partial charge is 0.351 e. The fourth-order valence-corrected chi connectivity index (χ4v) is 2.68. The first kappa shape index (κ1) is 14.5. The third-order valence-corrected chi connectivity index (χ3v) is 4.15. The molecule has 4 N–H and O–H groups in total. The number of anilines is 1. The predicted octanol–water partition coefficient (Wildman–Crippen LogP) is -0.922. The minimum atomic E-state index is -1.59. The van der Waals surface area contributed by atoms with Crippen LogP contribution in [0.4, 0.5) is 5.82 Å². The number of hydrogen-bond donors (Lipinski definition) is 3. The molecule has 7 nitrogen and oxygen atoms in total. The van der Waals surface area contributed by atoms with Crippen LogP contribution in [0.15, 0.2) is 17.1 Å². The van der Waals surface area contributed by atoms with Gasteiger partial charge in [-0.1, -0.05) is 11.6 Å². The highest BCUT2D eigenvalue weighted by Gasteiger charge is 2.58. The van der Waals surface area contributed by atoms with E-state index < -0.39 is 29.0 Å². The van der Waals surface area contributed by atoms with Crippen LogP contribution < -0.4 is 11.4 Å². The highest BCUT2D eigenvalue weighted by Crippen LogP contribution is 2.41. The average molecular weight is 310 g/mol. The number of ether oxygens (including phenoxy) is 1. The number of aromatic nitrogens is 2. The van der Waals surface area contributed by atoms with Gasteiger partial charge in [-0.15, -0.1) is 11.6 Å². The summed E-state index contributed by atoms with van der Waals surface area (Å²) in [6.45, 7) is -0.724. The van der Waals surface area contributed by atoms with Gasteiger partial charge in [-0.25, -0.2) is 4.79 Å². The summed E-state index contributed by atoms with van der Waals surface area (Å²) in [6, 6.07) is 1.37. The topological polar surface area (TPSA) is 111 Å². The summed E-state index contributed by atoms with van der Waals surface area (Å²) in [5.74, 6) is -0.128. The first-order valence-corrected chi connectivity index (χ1v) is 6.34. The zero-order chi connectivity index (χ0) is 14.3. The zero-order valence-electron chi connectivity index (χ0n) is 9.79. The highest BCUT2D eigenvalue weighted by molar-refractivity contribution is 6.23. The normalized spacial score (nSPS) is 34.6. The lowest BCUT2D eigenvalue weighted by molar-refractivity contribution is -0.0766. The molecule has 0 aromatic carbocycles. The van der Waals surface area contributed by atoms with Crippen LogP contribution in [0.2, 0.25) is 0 Å². The fraction of sp³-hybridized carbons (Fsp3) is 0.600. The molecular weight excluding hydrogens is 297 g/mol. The lowest BCUT2D eigenvalue weighted by atomic mass is 9.96. The largest absolute Gasteiger partial charge is 0.393 e. The second-order valence-corrected chi connectivity index (χ2v) is 5.29. The summed E-state index contributed by atoms with van der Waals surface area (Å²) in [5, 5.41) is 19.6. The summed E-state index contributed by atoms with van der Waals surface area (Å²) in [6.07, 6.45) is -0.0707. The Balaban J connectivity index is 2.47. The Hall–Kier alpha value is -0.860. The summed E-state index contributed by atoms with van der Waals surface area (Å²) < 4.78 is 6.34. The number of aliphatic hydroxyl groups excluding tert-OH is 2. The molecular formula is C10H13Cl2N3O4. The highest BCUT2D eigenvalue weighted by atomic mass is 35.5. The molecule has 1 aliphatic heterocycles. The molecule has 106 valence electrons. The monoisotopic (exact) mass is 309 g/mol. The first-order chi connectivity index (χ1) is 8.89. The Morgan fingerprint density at radius 3 is 2.84 bits per heavy atom. The van der Waals surface area contributed by atoms with Crippen LogP contribution in [0.3, 0.4) is 0 Å². The number of nitrogens with zero attached hydrogens (tertiary/aromatic N) is 2. The van der Waals surface area contributed by atoms with Gasteiger partial charge < -0.3 is 20.7 Å². The van der Waals surface area contributed by atoms with Crippen molar-refractivity contribution in [2.75, 3.05) is 24.8 Å². The summed E-state index contributed by atoms with van der Waals surface area (Å²) in [5.41, 5.74) is 3.25. The standard InChI is InChI=1S/C10H13Cl2N3O4/c11-3-9(4-16)7(17)10(12,5-19-9)15-2-1-6(13)14-8(15)18/h1-2,7,16-17H,3-5H2,(H2,13,14,18)/t7-,9-,10+/m1/s1. The van der Waals surface area contributed by atoms with E-state index in [4.69, 9.17) is 33.7 Å². The molecule has 0 radical (unpaired) electrons. The van der Waals surface area contributed by atoms with Crippen LogP contribution >= 0.6 is 23.2 Å². The maximum absolute atomic E-state index is 11.8. The van der Waals surface area contributed by atoms with Gasteiger partial charge in [0.05, 0.1) is 19.1 Å². The van der Waals surface area contributed by atoms with E-state index in [9.17, 15) is 15.0 Å². The molecule has 19 heavy (non-hydrogen) atoms. The van der Waals surface area contributed by atoms with Crippen LogP contribution in [0.5, 0.6) is 0 Å². The molecule has 9 heteroatoms. The lowest BCUT2D eigenvalue weighted by Crippen LogP contribution is -2.54. The molecule has 0 bridgehead atoms. The molecule has 1 aromatic heterocycles. The van der Waals surface area contributed by atoms with E-state index in [1.165, 1.54) is 12.3 Å². The maximum Gasteiger partial charge on any atom is 0.351 e. The van der Waals surface area contributed by atoms with Gasteiger partial charge >= 0.3 is 5.69 Å². The lowest BCUT2D eigenvalue weighted by Gasteiger charge is -2.32. The third-order valence-electron chi connectivity index (χ3n) is 3.20. The number of rotatable bonds is 3. The second kappa shape index (κ2) is 4.92. The van der Waals surface area contributed by atoms with Gasteiger partial charge in [-0.05, 0) is 6.07 Å². The van der Waals surface area contributed by atoms with Crippen molar-refractivity contribution < 1.29 is 14.9 Å². The van der Waals surface area contributed by atoms with Crippen molar-refractivity contribution in [2.24, 2.45) is 0 Å². The zero-order valence-corrected chi connectivity index (χ0v) is 11.3. The van der Waals surface area contributed by atoms with Crippen LogP contribution in [-0.2, 0) is 9.73 Å².